The van der Waals surface area contributed by atoms with Gasteiger partial charge in [-0.2, -0.15) is 0 Å². The minimum absolute atomic E-state index is 0.208. The lowest BCUT2D eigenvalue weighted by molar-refractivity contribution is -0.114. The van der Waals surface area contributed by atoms with Gasteiger partial charge in [0, 0.05) is 0 Å². The fourth-order valence-electron chi connectivity index (χ4n) is 1.27. The van der Waals surface area contributed by atoms with Gasteiger partial charge in [-0.15, -0.1) is 0 Å². The highest BCUT2D eigenvalue weighted by atomic mass is 16.1. The Morgan fingerprint density at radius 2 is 2.10 bits per heavy atom. The maximum absolute atomic E-state index is 10.7. The molecule has 0 spiro atoms. The molecule has 1 heterocycles. The Kier molecular flexibility index (Phi) is 1.09. The summed E-state index contributed by atoms with van der Waals surface area (Å²) in [5.41, 5.74) is 1.92. The normalized spacial score (nSPS) is 23.0. The van der Waals surface area contributed by atoms with Crippen LogP contribution in [-0.4, -0.2) is 12.1 Å². The standard InChI is InChI=1S/C7H7N2O/c10-7-4-8-5-2-1-3-6(5)9-7/h4H,1-3H2. The molecule has 51 valence electrons. The highest BCUT2D eigenvalue weighted by Crippen LogP contribution is 2.26. The molecular formula is C7H7N2O. The van der Waals surface area contributed by atoms with Crippen molar-refractivity contribution < 1.29 is 4.79 Å². The van der Waals surface area contributed by atoms with E-state index in [1.165, 1.54) is 6.21 Å². The third-order valence-corrected chi connectivity index (χ3v) is 1.74. The predicted octanol–water partition coefficient (Wildman–Crippen LogP) is 0.597. The maximum atomic E-state index is 10.7. The summed E-state index contributed by atoms with van der Waals surface area (Å²) in [6, 6.07) is 0. The molecule has 10 heavy (non-hydrogen) atoms. The molecular weight excluding hydrogens is 128 g/mol. The number of nitrogens with zero attached hydrogens (tertiary/aromatic N) is 2. The lowest BCUT2D eigenvalue weighted by Gasteiger charge is -2.04. The van der Waals surface area contributed by atoms with Gasteiger partial charge in [-0.05, 0) is 19.3 Å². The first-order valence-corrected chi connectivity index (χ1v) is 3.38. The second-order valence-corrected chi connectivity index (χ2v) is 2.46. The van der Waals surface area contributed by atoms with E-state index in [-0.39, 0.29) is 5.91 Å². The van der Waals surface area contributed by atoms with Crippen LogP contribution in [0.1, 0.15) is 19.3 Å². The molecule has 1 radical (unpaired) electrons. The quantitative estimate of drug-likeness (QED) is 0.479. The van der Waals surface area contributed by atoms with Gasteiger partial charge in [0.2, 0.25) is 0 Å². The van der Waals surface area contributed by atoms with Crippen LogP contribution in [0.3, 0.4) is 0 Å². The molecule has 1 aliphatic heterocycles. The summed E-state index contributed by atoms with van der Waals surface area (Å²) in [4.78, 5) is 14.6. The fraction of sp³-hybridized carbons (Fsp3) is 0.429. The van der Waals surface area contributed by atoms with Gasteiger partial charge in [0.25, 0.3) is 5.91 Å². The van der Waals surface area contributed by atoms with E-state index >= 15 is 0 Å². The molecule has 3 heteroatoms. The van der Waals surface area contributed by atoms with Crippen LogP contribution in [0.4, 0.5) is 0 Å². The van der Waals surface area contributed by atoms with E-state index in [0.717, 1.165) is 30.7 Å². The third kappa shape index (κ3) is 0.744. The monoisotopic (exact) mass is 135 g/mol. The molecule has 2 rings (SSSR count). The molecule has 0 atom stereocenters. The van der Waals surface area contributed by atoms with Crippen LogP contribution in [0.25, 0.3) is 0 Å². The second-order valence-electron chi connectivity index (χ2n) is 2.46. The first-order chi connectivity index (χ1) is 4.86. The van der Waals surface area contributed by atoms with E-state index in [2.05, 4.69) is 10.3 Å². The highest BCUT2D eigenvalue weighted by Gasteiger charge is 2.20. The van der Waals surface area contributed by atoms with Gasteiger partial charge in [0.1, 0.15) is 0 Å². The largest absolute Gasteiger partial charge is 0.288 e. The highest BCUT2D eigenvalue weighted by molar-refractivity contribution is 6.27. The number of hydrogen-bond donors (Lipinski definition) is 0. The van der Waals surface area contributed by atoms with Crippen molar-refractivity contribution in [1.82, 2.24) is 5.32 Å². The Morgan fingerprint density at radius 3 is 3.00 bits per heavy atom. The van der Waals surface area contributed by atoms with Crippen molar-refractivity contribution in [3.63, 3.8) is 0 Å². The van der Waals surface area contributed by atoms with E-state index in [9.17, 15) is 4.79 Å². The summed E-state index contributed by atoms with van der Waals surface area (Å²) >= 11 is 0. The average Bonchev–Trinajstić information content (AvgIpc) is 2.33. The molecule has 0 aromatic carbocycles. The topological polar surface area (TPSA) is 43.5 Å². The van der Waals surface area contributed by atoms with Crippen LogP contribution >= 0.6 is 0 Å². The summed E-state index contributed by atoms with van der Waals surface area (Å²) in [6.45, 7) is 0. The number of carbonyl (C=O) groups excluding carboxylic acids is 1. The van der Waals surface area contributed by atoms with E-state index in [1.807, 2.05) is 0 Å². The van der Waals surface area contributed by atoms with Crippen molar-refractivity contribution >= 4 is 12.1 Å². The molecule has 0 bridgehead atoms. The maximum Gasteiger partial charge on any atom is 0.288 e. The van der Waals surface area contributed by atoms with E-state index in [0.29, 0.717) is 0 Å². The van der Waals surface area contributed by atoms with Crippen molar-refractivity contribution in [2.75, 3.05) is 0 Å². The van der Waals surface area contributed by atoms with Gasteiger partial charge >= 0.3 is 0 Å². The zero-order chi connectivity index (χ0) is 6.97. The number of aliphatic imine (C=N–C) groups is 1. The molecule has 3 nitrogen and oxygen atoms in total. The first-order valence-electron chi connectivity index (χ1n) is 3.38. The van der Waals surface area contributed by atoms with E-state index in [1.54, 1.807) is 0 Å². The molecule has 0 N–H and O–H groups in total. The molecule has 0 saturated carbocycles. The summed E-state index contributed by atoms with van der Waals surface area (Å²) in [5, 5.41) is 3.84. The summed E-state index contributed by atoms with van der Waals surface area (Å²) < 4.78 is 0. The van der Waals surface area contributed by atoms with Crippen LogP contribution in [0.2, 0.25) is 0 Å². The molecule has 2 aliphatic rings. The predicted molar refractivity (Wildman–Crippen MR) is 36.5 cm³/mol. The van der Waals surface area contributed by atoms with Crippen molar-refractivity contribution in [2.24, 2.45) is 4.99 Å². The van der Waals surface area contributed by atoms with Crippen LogP contribution in [-0.2, 0) is 4.79 Å². The van der Waals surface area contributed by atoms with Crippen molar-refractivity contribution in [1.29, 1.82) is 0 Å². The molecule has 0 unspecified atom stereocenters. The molecule has 0 saturated heterocycles. The Morgan fingerprint density at radius 1 is 1.30 bits per heavy atom. The second kappa shape index (κ2) is 1.94. The third-order valence-electron chi connectivity index (χ3n) is 1.74. The van der Waals surface area contributed by atoms with Gasteiger partial charge in [-0.3, -0.25) is 9.79 Å². The molecule has 0 aromatic rings. The zero-order valence-corrected chi connectivity index (χ0v) is 5.50. The summed E-state index contributed by atoms with van der Waals surface area (Å²) in [5.74, 6) is -0.208. The van der Waals surface area contributed by atoms with E-state index in [4.69, 9.17) is 0 Å². The number of carbonyl (C=O) groups is 1. The smallest absolute Gasteiger partial charge is 0.266 e. The number of amides is 1. The molecule has 1 amide bonds. The van der Waals surface area contributed by atoms with Gasteiger partial charge in [0.05, 0.1) is 17.6 Å². The van der Waals surface area contributed by atoms with Crippen molar-refractivity contribution in [3.05, 3.63) is 11.4 Å². The molecule has 0 aromatic heterocycles. The van der Waals surface area contributed by atoms with Crippen LogP contribution < -0.4 is 5.32 Å². The SMILES string of the molecule is O=C1C=NC2=C(CCC2)[N]1. The van der Waals surface area contributed by atoms with Crippen LogP contribution in [0, 0.1) is 0 Å². The minimum Gasteiger partial charge on any atom is -0.266 e. The van der Waals surface area contributed by atoms with Crippen molar-refractivity contribution in [3.8, 4) is 0 Å². The average molecular weight is 135 g/mol. The Hall–Kier alpha value is -1.12. The number of rotatable bonds is 0. The first kappa shape index (κ1) is 5.65. The Labute approximate surface area is 58.8 Å². The number of hydrogen-bond acceptors (Lipinski definition) is 2. The zero-order valence-electron chi connectivity index (χ0n) is 5.50. The Balaban J connectivity index is 2.30. The molecule has 1 aliphatic carbocycles. The van der Waals surface area contributed by atoms with Gasteiger partial charge < -0.3 is 0 Å². The lowest BCUT2D eigenvalue weighted by atomic mass is 10.3. The summed E-state index contributed by atoms with van der Waals surface area (Å²) in [6.07, 6.45) is 4.31. The van der Waals surface area contributed by atoms with Gasteiger partial charge in [-0.1, -0.05) is 0 Å². The van der Waals surface area contributed by atoms with Crippen molar-refractivity contribution in [2.45, 2.75) is 19.3 Å². The lowest BCUT2D eigenvalue weighted by Crippen LogP contribution is -2.19. The van der Waals surface area contributed by atoms with Gasteiger partial charge in [-0.25, -0.2) is 5.32 Å². The molecule has 0 fully saturated rings. The Bertz CT molecular complexity index is 240. The summed E-state index contributed by atoms with van der Waals surface area (Å²) in [7, 11) is 0. The van der Waals surface area contributed by atoms with Crippen LogP contribution in [0.15, 0.2) is 16.4 Å². The minimum atomic E-state index is -0.208. The van der Waals surface area contributed by atoms with E-state index < -0.39 is 0 Å². The van der Waals surface area contributed by atoms with Gasteiger partial charge in [0.15, 0.2) is 0 Å². The van der Waals surface area contributed by atoms with Crippen LogP contribution in [0.5, 0.6) is 0 Å². The fourth-order valence-corrected chi connectivity index (χ4v) is 1.27. The number of allylic oxidation sites excluding steroid dienone is 2.